The first-order valence-corrected chi connectivity index (χ1v) is 3.39. The summed E-state index contributed by atoms with van der Waals surface area (Å²) in [5.41, 5.74) is 0. The summed E-state index contributed by atoms with van der Waals surface area (Å²) in [5.74, 6) is 0. The topological polar surface area (TPSA) is 42.1 Å². The van der Waals surface area contributed by atoms with Gasteiger partial charge in [-0.2, -0.15) is 0 Å². The van der Waals surface area contributed by atoms with Gasteiger partial charge in [0.2, 0.25) is 0 Å². The average Bonchev–Trinajstić information content (AvgIpc) is 2.62. The minimum atomic E-state index is -0.199. The fourth-order valence-corrected chi connectivity index (χ4v) is 1.01. The van der Waals surface area contributed by atoms with Crippen molar-refractivity contribution in [1.82, 2.24) is 4.90 Å². The van der Waals surface area contributed by atoms with Crippen LogP contribution in [0.3, 0.4) is 0 Å². The van der Waals surface area contributed by atoms with Crippen molar-refractivity contribution in [3.8, 4) is 0 Å². The second-order valence-electron chi connectivity index (χ2n) is 2.52. The number of hydrogen-bond acceptors (Lipinski definition) is 3. The molecule has 4 heteroatoms. The maximum Gasteiger partial charge on any atom is 0.410 e. The lowest BCUT2D eigenvalue weighted by molar-refractivity contribution is 0.156. The summed E-state index contributed by atoms with van der Waals surface area (Å²) in [7, 11) is 0. The van der Waals surface area contributed by atoms with Gasteiger partial charge in [-0.3, -0.25) is 0 Å². The van der Waals surface area contributed by atoms with Gasteiger partial charge in [0.05, 0.1) is 25.8 Å². The Hall–Kier alpha value is -0.770. The molecule has 2 heterocycles. The molecule has 0 bridgehead atoms. The SMILES string of the molecule is O=C1OCCN1C[C@@H]1CO1. The van der Waals surface area contributed by atoms with Gasteiger partial charge in [0, 0.05) is 0 Å². The van der Waals surface area contributed by atoms with E-state index in [0.29, 0.717) is 13.2 Å². The van der Waals surface area contributed by atoms with E-state index in [-0.39, 0.29) is 12.2 Å². The van der Waals surface area contributed by atoms with Gasteiger partial charge in [-0.25, -0.2) is 4.79 Å². The third kappa shape index (κ3) is 1.07. The number of ether oxygens (including phenoxy) is 2. The summed E-state index contributed by atoms with van der Waals surface area (Å²) in [6.07, 6.45) is 0.0844. The maximum atomic E-state index is 10.8. The lowest BCUT2D eigenvalue weighted by atomic mass is 10.4. The molecule has 0 saturated carbocycles. The molecule has 10 heavy (non-hydrogen) atoms. The predicted octanol–water partition coefficient (Wildman–Crippen LogP) is -0.163. The highest BCUT2D eigenvalue weighted by molar-refractivity contribution is 5.69. The van der Waals surface area contributed by atoms with Crippen LogP contribution < -0.4 is 0 Å². The number of epoxide rings is 1. The molecule has 0 spiro atoms. The molecule has 2 saturated heterocycles. The van der Waals surface area contributed by atoms with Crippen LogP contribution in [0, 0.1) is 0 Å². The van der Waals surface area contributed by atoms with Gasteiger partial charge in [-0.05, 0) is 0 Å². The van der Waals surface area contributed by atoms with Crippen LogP contribution in [-0.2, 0) is 9.47 Å². The third-order valence-electron chi connectivity index (χ3n) is 1.67. The molecular formula is C6H9NO3. The summed E-state index contributed by atoms with van der Waals surface area (Å²) in [6.45, 7) is 2.76. The number of carbonyl (C=O) groups excluding carboxylic acids is 1. The number of rotatable bonds is 2. The predicted molar refractivity (Wildman–Crippen MR) is 32.7 cm³/mol. The van der Waals surface area contributed by atoms with E-state index in [2.05, 4.69) is 0 Å². The van der Waals surface area contributed by atoms with E-state index < -0.39 is 0 Å². The number of amides is 1. The van der Waals surface area contributed by atoms with E-state index in [9.17, 15) is 4.79 Å². The minimum Gasteiger partial charge on any atom is -0.448 e. The Kier molecular flexibility index (Phi) is 1.27. The fraction of sp³-hybridized carbons (Fsp3) is 0.833. The molecule has 2 aliphatic rings. The number of nitrogens with zero attached hydrogens (tertiary/aromatic N) is 1. The Labute approximate surface area is 58.7 Å². The Morgan fingerprint density at radius 1 is 1.70 bits per heavy atom. The molecule has 0 unspecified atom stereocenters. The van der Waals surface area contributed by atoms with Crippen LogP contribution in [0.4, 0.5) is 4.79 Å². The minimum absolute atomic E-state index is 0.199. The largest absolute Gasteiger partial charge is 0.448 e. The Morgan fingerprint density at radius 2 is 2.50 bits per heavy atom. The van der Waals surface area contributed by atoms with E-state index in [1.165, 1.54) is 0 Å². The molecule has 0 N–H and O–H groups in total. The highest BCUT2D eigenvalue weighted by Crippen LogP contribution is 2.13. The fourth-order valence-electron chi connectivity index (χ4n) is 1.01. The van der Waals surface area contributed by atoms with Crippen molar-refractivity contribution >= 4 is 6.09 Å². The summed E-state index contributed by atoms with van der Waals surface area (Å²) in [6, 6.07) is 0. The van der Waals surface area contributed by atoms with Crippen molar-refractivity contribution in [2.75, 3.05) is 26.3 Å². The molecule has 2 rings (SSSR count). The lowest BCUT2D eigenvalue weighted by Crippen LogP contribution is -2.28. The van der Waals surface area contributed by atoms with Crippen molar-refractivity contribution < 1.29 is 14.3 Å². The maximum absolute atomic E-state index is 10.8. The van der Waals surface area contributed by atoms with Crippen LogP contribution >= 0.6 is 0 Å². The molecule has 1 amide bonds. The first kappa shape index (κ1) is 5.97. The average molecular weight is 143 g/mol. The molecule has 4 nitrogen and oxygen atoms in total. The van der Waals surface area contributed by atoms with Gasteiger partial charge in [0.25, 0.3) is 0 Å². The van der Waals surface area contributed by atoms with Crippen molar-refractivity contribution in [3.63, 3.8) is 0 Å². The molecule has 0 aliphatic carbocycles. The van der Waals surface area contributed by atoms with E-state index in [4.69, 9.17) is 9.47 Å². The van der Waals surface area contributed by atoms with E-state index in [0.717, 1.165) is 13.2 Å². The number of cyclic esters (lactones) is 1. The van der Waals surface area contributed by atoms with Crippen molar-refractivity contribution in [2.24, 2.45) is 0 Å². The van der Waals surface area contributed by atoms with E-state index in [1.54, 1.807) is 4.90 Å². The third-order valence-corrected chi connectivity index (χ3v) is 1.67. The lowest BCUT2D eigenvalue weighted by Gasteiger charge is -2.08. The van der Waals surface area contributed by atoms with Crippen LogP contribution in [0.2, 0.25) is 0 Å². The van der Waals surface area contributed by atoms with Gasteiger partial charge in [0.1, 0.15) is 6.61 Å². The second-order valence-corrected chi connectivity index (χ2v) is 2.52. The van der Waals surface area contributed by atoms with Crippen molar-refractivity contribution in [3.05, 3.63) is 0 Å². The normalized spacial score (nSPS) is 30.6. The van der Waals surface area contributed by atoms with Gasteiger partial charge < -0.3 is 14.4 Å². The Morgan fingerprint density at radius 3 is 3.00 bits per heavy atom. The van der Waals surface area contributed by atoms with Crippen LogP contribution in [0.5, 0.6) is 0 Å². The van der Waals surface area contributed by atoms with Gasteiger partial charge in [-0.15, -0.1) is 0 Å². The molecule has 1 atom stereocenters. The first-order chi connectivity index (χ1) is 4.86. The summed E-state index contributed by atoms with van der Waals surface area (Å²) < 4.78 is 9.69. The van der Waals surface area contributed by atoms with Gasteiger partial charge >= 0.3 is 6.09 Å². The van der Waals surface area contributed by atoms with Crippen molar-refractivity contribution in [2.45, 2.75) is 6.10 Å². The number of hydrogen-bond donors (Lipinski definition) is 0. The number of carbonyl (C=O) groups is 1. The van der Waals surface area contributed by atoms with Crippen LogP contribution in [0.1, 0.15) is 0 Å². The quantitative estimate of drug-likeness (QED) is 0.504. The zero-order valence-electron chi connectivity index (χ0n) is 5.58. The zero-order chi connectivity index (χ0) is 6.97. The van der Waals surface area contributed by atoms with Gasteiger partial charge in [-0.1, -0.05) is 0 Å². The monoisotopic (exact) mass is 143 g/mol. The molecule has 0 radical (unpaired) electrons. The molecular weight excluding hydrogens is 134 g/mol. The molecule has 0 aromatic heterocycles. The van der Waals surface area contributed by atoms with Gasteiger partial charge in [0.15, 0.2) is 0 Å². The van der Waals surface area contributed by atoms with Crippen LogP contribution in [-0.4, -0.2) is 43.4 Å². The highest BCUT2D eigenvalue weighted by atomic mass is 16.6. The summed E-state index contributed by atoms with van der Waals surface area (Å²) >= 11 is 0. The Bertz CT molecular complexity index is 155. The van der Waals surface area contributed by atoms with E-state index in [1.807, 2.05) is 0 Å². The molecule has 56 valence electrons. The molecule has 0 aromatic rings. The first-order valence-electron chi connectivity index (χ1n) is 3.39. The summed E-state index contributed by atoms with van der Waals surface area (Å²) in [5, 5.41) is 0. The summed E-state index contributed by atoms with van der Waals surface area (Å²) in [4.78, 5) is 12.5. The van der Waals surface area contributed by atoms with Crippen LogP contribution in [0.25, 0.3) is 0 Å². The zero-order valence-corrected chi connectivity index (χ0v) is 5.58. The highest BCUT2D eigenvalue weighted by Gasteiger charge is 2.30. The standard InChI is InChI=1S/C6H9NO3/c8-6-7(1-2-9-6)3-5-4-10-5/h5H,1-4H2/t5-/m1/s1. The van der Waals surface area contributed by atoms with Crippen molar-refractivity contribution in [1.29, 1.82) is 0 Å². The van der Waals surface area contributed by atoms with E-state index >= 15 is 0 Å². The second kappa shape index (κ2) is 2.12. The van der Waals surface area contributed by atoms with Crippen LogP contribution in [0.15, 0.2) is 0 Å². The Balaban J connectivity index is 1.84. The smallest absolute Gasteiger partial charge is 0.410 e. The molecule has 2 fully saturated rings. The molecule has 2 aliphatic heterocycles. The molecule has 0 aromatic carbocycles.